The fourth-order valence-corrected chi connectivity index (χ4v) is 3.05. The molecule has 0 aromatic carbocycles. The highest BCUT2D eigenvalue weighted by atomic mass is 32.1. The van der Waals surface area contributed by atoms with E-state index in [0.717, 1.165) is 17.0 Å². The van der Waals surface area contributed by atoms with Gasteiger partial charge >= 0.3 is 6.09 Å². The van der Waals surface area contributed by atoms with Crippen molar-refractivity contribution in [2.45, 2.75) is 38.8 Å². The maximum atomic E-state index is 12.1. The number of hydrogen-bond acceptors (Lipinski definition) is 7. The highest BCUT2D eigenvalue weighted by Gasteiger charge is 2.30. The van der Waals surface area contributed by atoms with Crippen molar-refractivity contribution in [3.05, 3.63) is 24.0 Å². The molecule has 24 heavy (non-hydrogen) atoms. The predicted octanol–water partition coefficient (Wildman–Crippen LogP) is 3.02. The second kappa shape index (κ2) is 6.72. The molecule has 1 fully saturated rings. The lowest BCUT2D eigenvalue weighted by atomic mass is 10.2. The van der Waals surface area contributed by atoms with Crippen LogP contribution in [0.2, 0.25) is 0 Å². The van der Waals surface area contributed by atoms with Crippen LogP contribution in [0.1, 0.15) is 27.2 Å². The number of amides is 1. The number of carbonyl (C=O) groups excluding carboxylic acids is 1. The van der Waals surface area contributed by atoms with E-state index >= 15 is 0 Å². The SMILES string of the molecule is CC(C)(C)OC(=O)N1CC[C@@H](Nc2nccc(-c3cncs3)n2)C1. The van der Waals surface area contributed by atoms with Crippen LogP contribution >= 0.6 is 11.3 Å². The molecule has 3 rings (SSSR count). The number of carbonyl (C=O) groups is 1. The van der Waals surface area contributed by atoms with Gasteiger partial charge in [-0.05, 0) is 33.3 Å². The average molecular weight is 347 g/mol. The first-order valence-electron chi connectivity index (χ1n) is 7.87. The summed E-state index contributed by atoms with van der Waals surface area (Å²) in [6.07, 6.45) is 4.08. The molecular formula is C16H21N5O2S. The average Bonchev–Trinajstić information content (AvgIpc) is 3.17. The minimum atomic E-state index is -0.477. The Kier molecular flexibility index (Phi) is 4.66. The van der Waals surface area contributed by atoms with Crippen LogP contribution in [0.3, 0.4) is 0 Å². The lowest BCUT2D eigenvalue weighted by Gasteiger charge is -2.24. The van der Waals surface area contributed by atoms with Gasteiger partial charge in [0.05, 0.1) is 16.1 Å². The van der Waals surface area contributed by atoms with E-state index in [4.69, 9.17) is 4.74 Å². The molecule has 0 unspecified atom stereocenters. The molecule has 1 N–H and O–H groups in total. The van der Waals surface area contributed by atoms with Crippen LogP contribution in [-0.4, -0.2) is 50.7 Å². The van der Waals surface area contributed by atoms with Gasteiger partial charge in [-0.2, -0.15) is 0 Å². The molecule has 1 saturated heterocycles. The van der Waals surface area contributed by atoms with Crippen LogP contribution < -0.4 is 5.32 Å². The summed E-state index contributed by atoms with van der Waals surface area (Å²) in [4.78, 5) is 27.7. The van der Waals surface area contributed by atoms with Crippen LogP contribution in [0.4, 0.5) is 10.7 Å². The van der Waals surface area contributed by atoms with E-state index in [2.05, 4.69) is 20.3 Å². The fourth-order valence-electron chi connectivity index (χ4n) is 2.46. The zero-order chi connectivity index (χ0) is 17.2. The molecule has 7 nitrogen and oxygen atoms in total. The highest BCUT2D eigenvalue weighted by molar-refractivity contribution is 7.13. The molecule has 0 spiro atoms. The summed E-state index contributed by atoms with van der Waals surface area (Å²) >= 11 is 1.54. The number of likely N-dealkylation sites (tertiary alicyclic amines) is 1. The van der Waals surface area contributed by atoms with E-state index < -0.39 is 5.60 Å². The Morgan fingerprint density at radius 1 is 1.46 bits per heavy atom. The standard InChI is InChI=1S/C16H21N5O2S/c1-16(2,3)23-15(22)21-7-5-11(9-21)19-14-18-6-4-12(20-14)13-8-17-10-24-13/h4,6,8,10-11H,5,7,9H2,1-3H3,(H,18,19,20)/t11-/m1/s1. The zero-order valence-electron chi connectivity index (χ0n) is 14.0. The van der Waals surface area contributed by atoms with Crippen molar-refractivity contribution in [3.63, 3.8) is 0 Å². The van der Waals surface area contributed by atoms with Crippen LogP contribution in [0, 0.1) is 0 Å². The Bertz CT molecular complexity index is 699. The van der Waals surface area contributed by atoms with Gasteiger partial charge < -0.3 is 15.0 Å². The normalized spacial score (nSPS) is 17.8. The number of aromatic nitrogens is 3. The topological polar surface area (TPSA) is 80.2 Å². The third-order valence-electron chi connectivity index (χ3n) is 3.51. The van der Waals surface area contributed by atoms with Gasteiger partial charge in [0, 0.05) is 31.5 Å². The van der Waals surface area contributed by atoms with Crippen molar-refractivity contribution < 1.29 is 9.53 Å². The van der Waals surface area contributed by atoms with Gasteiger partial charge in [-0.25, -0.2) is 14.8 Å². The number of rotatable bonds is 3. The minimum absolute atomic E-state index is 0.120. The van der Waals surface area contributed by atoms with Gasteiger partial charge in [-0.3, -0.25) is 4.98 Å². The van der Waals surface area contributed by atoms with Crippen molar-refractivity contribution in [1.82, 2.24) is 19.9 Å². The third-order valence-corrected chi connectivity index (χ3v) is 4.31. The number of nitrogens with one attached hydrogen (secondary N) is 1. The van der Waals surface area contributed by atoms with E-state index in [1.165, 1.54) is 11.3 Å². The van der Waals surface area contributed by atoms with Crippen molar-refractivity contribution >= 4 is 23.4 Å². The summed E-state index contributed by atoms with van der Waals surface area (Å²) < 4.78 is 5.41. The second-order valence-electron chi connectivity index (χ2n) is 6.69. The number of ether oxygens (including phenoxy) is 1. The molecule has 2 aromatic rings. The van der Waals surface area contributed by atoms with E-state index in [0.29, 0.717) is 19.0 Å². The van der Waals surface area contributed by atoms with Crippen molar-refractivity contribution in [1.29, 1.82) is 0 Å². The fraction of sp³-hybridized carbons (Fsp3) is 0.500. The molecule has 0 bridgehead atoms. The number of thiazole rings is 1. The Hall–Kier alpha value is -2.22. The van der Waals surface area contributed by atoms with Crippen molar-refractivity contribution in [3.8, 4) is 10.6 Å². The van der Waals surface area contributed by atoms with Crippen LogP contribution in [-0.2, 0) is 4.74 Å². The molecule has 0 aliphatic carbocycles. The first-order valence-corrected chi connectivity index (χ1v) is 8.75. The number of hydrogen-bond donors (Lipinski definition) is 1. The van der Waals surface area contributed by atoms with Gasteiger partial charge in [-0.1, -0.05) is 0 Å². The van der Waals surface area contributed by atoms with Crippen LogP contribution in [0.25, 0.3) is 10.6 Å². The summed E-state index contributed by atoms with van der Waals surface area (Å²) in [6.45, 7) is 6.87. The Balaban J connectivity index is 1.60. The maximum absolute atomic E-state index is 12.1. The van der Waals surface area contributed by atoms with Crippen molar-refractivity contribution in [2.24, 2.45) is 0 Å². The smallest absolute Gasteiger partial charge is 0.410 e. The summed E-state index contributed by atoms with van der Waals surface area (Å²) in [5.41, 5.74) is 2.15. The monoisotopic (exact) mass is 347 g/mol. The third kappa shape index (κ3) is 4.19. The van der Waals surface area contributed by atoms with Gasteiger partial charge in [-0.15, -0.1) is 11.3 Å². The van der Waals surface area contributed by atoms with Gasteiger partial charge in [0.2, 0.25) is 5.95 Å². The summed E-state index contributed by atoms with van der Waals surface area (Å²) in [5.74, 6) is 0.567. The van der Waals surface area contributed by atoms with E-state index in [-0.39, 0.29) is 12.1 Å². The summed E-state index contributed by atoms with van der Waals surface area (Å²) in [5, 5.41) is 3.30. The molecule has 128 valence electrons. The van der Waals surface area contributed by atoms with Crippen molar-refractivity contribution in [2.75, 3.05) is 18.4 Å². The highest BCUT2D eigenvalue weighted by Crippen LogP contribution is 2.22. The summed E-state index contributed by atoms with van der Waals surface area (Å²) in [7, 11) is 0. The van der Waals surface area contributed by atoms with Crippen LogP contribution in [0.15, 0.2) is 24.0 Å². The number of anilines is 1. The second-order valence-corrected chi connectivity index (χ2v) is 7.57. The molecule has 8 heteroatoms. The minimum Gasteiger partial charge on any atom is -0.444 e. The molecule has 1 aliphatic rings. The van der Waals surface area contributed by atoms with E-state index in [1.807, 2.05) is 26.8 Å². The Labute approximate surface area is 145 Å². The molecule has 2 aromatic heterocycles. The van der Waals surface area contributed by atoms with Crippen LogP contribution in [0.5, 0.6) is 0 Å². The van der Waals surface area contributed by atoms with Gasteiger partial charge in [0.15, 0.2) is 0 Å². The number of nitrogens with zero attached hydrogens (tertiary/aromatic N) is 4. The van der Waals surface area contributed by atoms with E-state index in [1.54, 1.807) is 22.8 Å². The quantitative estimate of drug-likeness (QED) is 0.919. The predicted molar refractivity (Wildman–Crippen MR) is 93.0 cm³/mol. The Morgan fingerprint density at radius 3 is 3.00 bits per heavy atom. The lowest BCUT2D eigenvalue weighted by Crippen LogP contribution is -2.36. The molecule has 1 aliphatic heterocycles. The first-order chi connectivity index (χ1) is 11.4. The lowest BCUT2D eigenvalue weighted by molar-refractivity contribution is 0.0293. The molecule has 1 amide bonds. The van der Waals surface area contributed by atoms with Gasteiger partial charge in [0.25, 0.3) is 0 Å². The molecule has 0 radical (unpaired) electrons. The van der Waals surface area contributed by atoms with Gasteiger partial charge in [0.1, 0.15) is 5.60 Å². The zero-order valence-corrected chi connectivity index (χ0v) is 14.8. The maximum Gasteiger partial charge on any atom is 0.410 e. The molecule has 0 saturated carbocycles. The molecular weight excluding hydrogens is 326 g/mol. The summed E-state index contributed by atoms with van der Waals surface area (Å²) in [6, 6.07) is 1.98. The Morgan fingerprint density at radius 2 is 2.29 bits per heavy atom. The first kappa shape index (κ1) is 16.6. The largest absolute Gasteiger partial charge is 0.444 e. The molecule has 3 heterocycles. The molecule has 1 atom stereocenters. The van der Waals surface area contributed by atoms with E-state index in [9.17, 15) is 4.79 Å².